The number of halogens is 5. The van der Waals surface area contributed by atoms with E-state index in [0.29, 0.717) is 11.8 Å². The SMILES string of the molecule is Cl.Cl.[CH3][Zr](=[SiH2])([CH2]CC(F)(F)F)([CH]1C(CC2CCCCC2)=Cc2c(-c3ccc4ccccc4c3)cccc21)[CH]1C(CC2CCCCC2)=Cc2c(-c3ccc4ccccc4c3)cccc21. The van der Waals surface area contributed by atoms with Gasteiger partial charge in [0.25, 0.3) is 0 Å². The Kier molecular flexibility index (Phi) is 13.7. The third kappa shape index (κ3) is 9.04. The molecule has 328 valence electrons. The Hall–Kier alpha value is -3.21. The van der Waals surface area contributed by atoms with Crippen LogP contribution in [0.4, 0.5) is 13.2 Å². The van der Waals surface area contributed by atoms with Gasteiger partial charge in [0, 0.05) is 0 Å². The Bertz CT molecular complexity index is 2600. The molecule has 0 amide bonds. The molecular weight excluding hydrogens is 920 g/mol. The summed E-state index contributed by atoms with van der Waals surface area (Å²) in [5.74, 6) is 1.16. The molecule has 0 heterocycles. The first-order valence-electron chi connectivity index (χ1n) is 23.3. The molecule has 0 N–H and O–H groups in total. The molecule has 0 spiro atoms. The maximum atomic E-state index is 15.1. The van der Waals surface area contributed by atoms with Crippen molar-refractivity contribution in [3.63, 3.8) is 0 Å². The van der Waals surface area contributed by atoms with Gasteiger partial charge in [-0.1, -0.05) is 0 Å². The molecule has 2 unspecified atom stereocenters. The number of fused-ring (bicyclic) bond motifs is 4. The normalized spacial score (nSPS) is 19.5. The first-order chi connectivity index (χ1) is 29.5. The third-order valence-corrected chi connectivity index (χ3v) is 38.7. The van der Waals surface area contributed by atoms with Gasteiger partial charge in [-0.25, -0.2) is 0 Å². The van der Waals surface area contributed by atoms with Crippen LogP contribution < -0.4 is 0 Å². The predicted molar refractivity (Wildman–Crippen MR) is 267 cm³/mol. The second kappa shape index (κ2) is 18.6. The van der Waals surface area contributed by atoms with Crippen molar-refractivity contribution in [1.29, 1.82) is 0 Å². The second-order valence-corrected chi connectivity index (χ2v) is 48.5. The summed E-state index contributed by atoms with van der Waals surface area (Å²) in [5.41, 5.74) is 12.8. The summed E-state index contributed by atoms with van der Waals surface area (Å²) in [5, 5.41) is 4.86. The van der Waals surface area contributed by atoms with Gasteiger partial charge in [-0.3, -0.25) is 0 Å². The molecule has 6 aromatic carbocycles. The van der Waals surface area contributed by atoms with E-state index in [1.165, 1.54) is 141 Å². The molecule has 2 fully saturated rings. The van der Waals surface area contributed by atoms with Crippen LogP contribution >= 0.6 is 24.8 Å². The van der Waals surface area contributed by atoms with E-state index in [-0.39, 0.29) is 36.2 Å². The number of allylic oxidation sites excluding steroid dienone is 2. The molecule has 0 aliphatic heterocycles. The summed E-state index contributed by atoms with van der Waals surface area (Å²) in [4.78, 5) is 0. The van der Waals surface area contributed by atoms with E-state index >= 15 is 13.2 Å². The van der Waals surface area contributed by atoms with Crippen LogP contribution in [-0.2, 0) is 17.4 Å². The van der Waals surface area contributed by atoms with Gasteiger partial charge in [-0.05, 0) is 0 Å². The van der Waals surface area contributed by atoms with Crippen molar-refractivity contribution in [3.8, 4) is 22.3 Å². The van der Waals surface area contributed by atoms with E-state index < -0.39 is 30.0 Å². The molecule has 2 saturated carbocycles. The molecule has 4 aliphatic rings. The molecule has 7 heteroatoms. The zero-order chi connectivity index (χ0) is 41.8. The maximum absolute atomic E-state index is 15.1. The van der Waals surface area contributed by atoms with Gasteiger partial charge < -0.3 is 0 Å². The Labute approximate surface area is 387 Å². The van der Waals surface area contributed by atoms with E-state index in [4.69, 9.17) is 0 Å². The predicted octanol–water partition coefficient (Wildman–Crippen LogP) is 17.3. The topological polar surface area (TPSA) is 0 Å². The van der Waals surface area contributed by atoms with Crippen LogP contribution in [0.3, 0.4) is 0 Å². The standard InChI is InChI=1S/2C26H25.C3H4F3.CH3.2ClH.H2Si.Zr/c2*1-2-7-19(8-3-1)15-20-16-23-11-6-12-25(26(23)17-20)24-14-13-21-9-4-5-10-22(21)18-24;1-2-3(4,5)6;;;;;/h2*4-6,9-14,16-19H,1-3,7-8,15H2;1-2H2;1H3;2*1H;1H2;. The summed E-state index contributed by atoms with van der Waals surface area (Å²) in [6.07, 6.45) is 14.6. The minimum atomic E-state index is -4.86. The van der Waals surface area contributed by atoms with Gasteiger partial charge in [0.15, 0.2) is 0 Å². The molecule has 0 nitrogen and oxygen atoms in total. The Morgan fingerprint density at radius 2 is 0.937 bits per heavy atom. The van der Waals surface area contributed by atoms with Crippen molar-refractivity contribution in [3.05, 3.63) is 155 Å². The van der Waals surface area contributed by atoms with Crippen molar-refractivity contribution >= 4 is 65.4 Å². The van der Waals surface area contributed by atoms with Gasteiger partial charge >= 0.3 is 366 Å². The summed E-state index contributed by atoms with van der Waals surface area (Å²) in [6.45, 7) is 2.16. The van der Waals surface area contributed by atoms with Crippen molar-refractivity contribution in [2.45, 2.75) is 106 Å². The molecule has 0 radical (unpaired) electrons. The Morgan fingerprint density at radius 1 is 0.524 bits per heavy atom. The molecule has 2 atom stereocenters. The quantitative estimate of drug-likeness (QED) is 0.120. The first-order valence-corrected chi connectivity index (χ1v) is 36.2. The minimum absolute atomic E-state index is 0. The number of alkyl halides is 3. The average molecular weight is 981 g/mol. The van der Waals surface area contributed by atoms with E-state index in [0.717, 1.165) is 12.8 Å². The third-order valence-electron chi connectivity index (χ3n) is 15.8. The molecular formula is C56H61Cl2F3SiZr. The molecule has 0 aromatic heterocycles. The summed E-state index contributed by atoms with van der Waals surface area (Å²) in [6, 6.07) is 44.3. The number of hydrogen-bond acceptors (Lipinski definition) is 0. The Balaban J connectivity index is 0.00000272. The summed E-state index contributed by atoms with van der Waals surface area (Å²) < 4.78 is 48.1. The fourth-order valence-corrected chi connectivity index (χ4v) is 36.6. The fraction of sp³-hybridized carbons (Fsp3) is 0.357. The average Bonchev–Trinajstić information content (AvgIpc) is 3.85. The van der Waals surface area contributed by atoms with Gasteiger partial charge in [-0.2, -0.15) is 0 Å². The molecule has 6 aromatic rings. The molecule has 0 saturated heterocycles. The van der Waals surface area contributed by atoms with Crippen molar-refractivity contribution in [2.24, 2.45) is 11.8 Å². The van der Waals surface area contributed by atoms with Crippen LogP contribution in [0, 0.1) is 11.8 Å². The number of rotatable bonds is 10. The van der Waals surface area contributed by atoms with Crippen molar-refractivity contribution in [2.75, 3.05) is 0 Å². The van der Waals surface area contributed by atoms with E-state index in [9.17, 15) is 0 Å². The van der Waals surface area contributed by atoms with Gasteiger partial charge in [0.05, 0.1) is 0 Å². The van der Waals surface area contributed by atoms with Crippen molar-refractivity contribution < 1.29 is 30.6 Å². The van der Waals surface area contributed by atoms with Gasteiger partial charge in [0.1, 0.15) is 0 Å². The van der Waals surface area contributed by atoms with Crippen LogP contribution in [0.5, 0.6) is 0 Å². The van der Waals surface area contributed by atoms with Gasteiger partial charge in [0.2, 0.25) is 0 Å². The summed E-state index contributed by atoms with van der Waals surface area (Å²) >= 11 is -4.86. The molecule has 10 rings (SSSR count). The van der Waals surface area contributed by atoms with Gasteiger partial charge in [-0.15, -0.1) is 24.8 Å². The van der Waals surface area contributed by atoms with Crippen molar-refractivity contribution in [1.82, 2.24) is 0 Å². The number of benzene rings is 6. The zero-order valence-corrected chi connectivity index (χ0v) is 42.1. The zero-order valence-electron chi connectivity index (χ0n) is 36.6. The Morgan fingerprint density at radius 3 is 1.35 bits per heavy atom. The summed E-state index contributed by atoms with van der Waals surface area (Å²) in [7, 11) is 0. The molecule has 4 aliphatic carbocycles. The fourth-order valence-electron chi connectivity index (χ4n) is 12.9. The second-order valence-electron chi connectivity index (χ2n) is 20.1. The van der Waals surface area contributed by atoms with E-state index in [1.807, 2.05) is 0 Å². The van der Waals surface area contributed by atoms with Crippen LogP contribution in [-0.4, -0.2) is 13.1 Å². The first kappa shape index (κ1) is 46.3. The van der Waals surface area contributed by atoms with Crippen LogP contribution in [0.15, 0.2) is 132 Å². The van der Waals surface area contributed by atoms with E-state index in [1.54, 1.807) is 0 Å². The molecule has 63 heavy (non-hydrogen) atoms. The van der Waals surface area contributed by atoms with Crippen LogP contribution in [0.25, 0.3) is 56.0 Å². The molecule has 0 bridgehead atoms. The van der Waals surface area contributed by atoms with Crippen LogP contribution in [0.2, 0.25) is 8.76 Å². The monoisotopic (exact) mass is 978 g/mol. The van der Waals surface area contributed by atoms with Crippen LogP contribution in [0.1, 0.15) is 113 Å². The number of hydrogen-bond donors (Lipinski definition) is 0. The van der Waals surface area contributed by atoms with E-state index in [2.05, 4.69) is 145 Å².